The minimum absolute atomic E-state index is 0.136. The van der Waals surface area contributed by atoms with Crippen molar-refractivity contribution in [2.24, 2.45) is 0 Å². The maximum atomic E-state index is 12.2. The van der Waals surface area contributed by atoms with Gasteiger partial charge in [0.25, 0.3) is 0 Å². The first kappa shape index (κ1) is 17.8. The smallest absolute Gasteiger partial charge is 0.334 e. The molecule has 0 amide bonds. The van der Waals surface area contributed by atoms with Crippen LogP contribution in [0.15, 0.2) is 35.9 Å². The van der Waals surface area contributed by atoms with Gasteiger partial charge < -0.3 is 14.2 Å². The Bertz CT molecular complexity index is 730. The van der Waals surface area contributed by atoms with Gasteiger partial charge in [-0.1, -0.05) is 12.7 Å². The van der Waals surface area contributed by atoms with Crippen molar-refractivity contribution in [3.63, 3.8) is 0 Å². The number of hydrogen-bond donors (Lipinski definition) is 0. The van der Waals surface area contributed by atoms with Crippen molar-refractivity contribution in [1.82, 2.24) is 0 Å². The monoisotopic (exact) mass is 330 g/mol. The van der Waals surface area contributed by atoms with E-state index in [4.69, 9.17) is 14.2 Å². The molecule has 0 N–H and O–H groups in total. The topological polar surface area (TPSA) is 61.8 Å². The van der Waals surface area contributed by atoms with E-state index in [0.29, 0.717) is 28.2 Å². The van der Waals surface area contributed by atoms with Crippen LogP contribution in [0.25, 0.3) is 0 Å². The predicted molar refractivity (Wildman–Crippen MR) is 90.5 cm³/mol. The highest BCUT2D eigenvalue weighted by Gasteiger charge is 2.39. The van der Waals surface area contributed by atoms with Crippen LogP contribution in [0.5, 0.6) is 11.5 Å². The number of Topliss-reactive ketones (excluding diaryl/α,β-unsaturated/α-hetero) is 1. The van der Waals surface area contributed by atoms with Gasteiger partial charge in [-0.05, 0) is 39.3 Å². The zero-order chi connectivity index (χ0) is 18.0. The van der Waals surface area contributed by atoms with Crippen LogP contribution in [0.3, 0.4) is 0 Å². The van der Waals surface area contributed by atoms with Gasteiger partial charge in [0.1, 0.15) is 11.5 Å². The second-order valence-corrected chi connectivity index (χ2v) is 5.83. The van der Waals surface area contributed by atoms with Gasteiger partial charge in [-0.25, -0.2) is 4.79 Å². The second kappa shape index (κ2) is 6.91. The van der Waals surface area contributed by atoms with Crippen molar-refractivity contribution in [3.8, 4) is 11.5 Å². The Hall–Kier alpha value is -2.56. The average molecular weight is 330 g/mol. The van der Waals surface area contributed by atoms with Gasteiger partial charge in [0.15, 0.2) is 18.0 Å². The van der Waals surface area contributed by atoms with E-state index in [2.05, 4.69) is 6.58 Å². The van der Waals surface area contributed by atoms with Crippen molar-refractivity contribution in [3.05, 3.63) is 47.1 Å². The van der Waals surface area contributed by atoms with E-state index in [9.17, 15) is 9.59 Å². The lowest BCUT2D eigenvalue weighted by molar-refractivity contribution is -0.146. The van der Waals surface area contributed by atoms with Gasteiger partial charge >= 0.3 is 5.97 Å². The summed E-state index contributed by atoms with van der Waals surface area (Å²) < 4.78 is 16.8. The summed E-state index contributed by atoms with van der Waals surface area (Å²) in [5.41, 5.74) is 2.30. The molecule has 2 rings (SSSR count). The Kier molecular flexibility index (Phi) is 5.12. The van der Waals surface area contributed by atoms with Gasteiger partial charge in [-0.3, -0.25) is 4.79 Å². The molecule has 0 fully saturated rings. The number of methoxy groups -OCH3 is 1. The first-order valence-corrected chi connectivity index (χ1v) is 7.69. The van der Waals surface area contributed by atoms with Crippen LogP contribution in [0.4, 0.5) is 0 Å². The van der Waals surface area contributed by atoms with Crippen molar-refractivity contribution in [2.75, 3.05) is 7.11 Å². The first-order valence-electron chi connectivity index (χ1n) is 7.69. The minimum Gasteiger partial charge on any atom is -0.496 e. The number of allylic oxidation sites excluding steroid dienone is 1. The summed E-state index contributed by atoms with van der Waals surface area (Å²) in [7, 11) is 1.49. The van der Waals surface area contributed by atoms with Crippen molar-refractivity contribution in [1.29, 1.82) is 0 Å². The molecule has 0 spiro atoms. The van der Waals surface area contributed by atoms with Gasteiger partial charge in [0, 0.05) is 17.2 Å². The average Bonchev–Trinajstić information content (AvgIpc) is 2.90. The van der Waals surface area contributed by atoms with E-state index in [0.717, 1.165) is 5.57 Å². The van der Waals surface area contributed by atoms with E-state index in [-0.39, 0.29) is 5.78 Å². The summed E-state index contributed by atoms with van der Waals surface area (Å²) in [6.07, 6.45) is 0.536. The lowest BCUT2D eigenvalue weighted by atomic mass is 9.98. The van der Waals surface area contributed by atoms with Crippen LogP contribution in [0.2, 0.25) is 0 Å². The SMILES string of the molecule is C=C(C)[C@H]1Oc2cc(OC)c(C(C)=O)cc2[C@@H]1OC(=O)/C(C)=C\C. The number of esters is 1. The molecule has 1 aromatic carbocycles. The fraction of sp³-hybridized carbons (Fsp3) is 0.368. The zero-order valence-corrected chi connectivity index (χ0v) is 14.6. The molecule has 1 aliphatic rings. The third kappa shape index (κ3) is 3.20. The predicted octanol–water partition coefficient (Wildman–Crippen LogP) is 3.79. The van der Waals surface area contributed by atoms with Gasteiger partial charge in [-0.2, -0.15) is 0 Å². The Morgan fingerprint density at radius 1 is 1.25 bits per heavy atom. The van der Waals surface area contributed by atoms with E-state index in [1.807, 2.05) is 6.92 Å². The molecule has 0 radical (unpaired) electrons. The molecule has 0 aliphatic carbocycles. The standard InChI is InChI=1S/C19H22O5/c1-7-11(4)19(21)24-18-14-8-13(12(5)20)15(22-6)9-16(14)23-17(18)10(2)3/h7-9,17-18H,2H2,1,3-6H3/b11-7-/t17-,18+/m1/s1. The third-order valence-corrected chi connectivity index (χ3v) is 4.02. The molecule has 1 aromatic rings. The molecular weight excluding hydrogens is 308 g/mol. The van der Waals surface area contributed by atoms with Crippen molar-refractivity contribution >= 4 is 11.8 Å². The Labute approximate surface area is 141 Å². The van der Waals surface area contributed by atoms with Gasteiger partial charge in [0.2, 0.25) is 0 Å². The molecule has 128 valence electrons. The molecule has 1 heterocycles. The van der Waals surface area contributed by atoms with E-state index in [1.54, 1.807) is 32.1 Å². The minimum atomic E-state index is -0.649. The molecule has 0 unspecified atom stereocenters. The number of carbonyl (C=O) groups is 2. The van der Waals surface area contributed by atoms with Crippen LogP contribution < -0.4 is 9.47 Å². The zero-order valence-electron chi connectivity index (χ0n) is 14.6. The quantitative estimate of drug-likeness (QED) is 0.356. The lowest BCUT2D eigenvalue weighted by Gasteiger charge is -2.20. The first-order chi connectivity index (χ1) is 11.3. The van der Waals surface area contributed by atoms with Crippen LogP contribution in [0, 0.1) is 0 Å². The summed E-state index contributed by atoms with van der Waals surface area (Å²) in [4.78, 5) is 24.1. The summed E-state index contributed by atoms with van der Waals surface area (Å²) in [5.74, 6) is 0.396. The van der Waals surface area contributed by atoms with E-state index in [1.165, 1.54) is 14.0 Å². The fourth-order valence-corrected chi connectivity index (χ4v) is 2.52. The number of carbonyl (C=O) groups excluding carboxylic acids is 2. The number of ketones is 1. The van der Waals surface area contributed by atoms with Crippen molar-refractivity contribution < 1.29 is 23.8 Å². The number of benzene rings is 1. The lowest BCUT2D eigenvalue weighted by Crippen LogP contribution is -2.24. The highest BCUT2D eigenvalue weighted by atomic mass is 16.6. The Morgan fingerprint density at radius 2 is 1.92 bits per heavy atom. The maximum Gasteiger partial charge on any atom is 0.334 e. The molecule has 0 bridgehead atoms. The Balaban J connectivity index is 2.50. The maximum absolute atomic E-state index is 12.2. The summed E-state index contributed by atoms with van der Waals surface area (Å²) >= 11 is 0. The van der Waals surface area contributed by atoms with Crippen LogP contribution >= 0.6 is 0 Å². The Morgan fingerprint density at radius 3 is 2.42 bits per heavy atom. The number of hydrogen-bond acceptors (Lipinski definition) is 5. The van der Waals surface area contributed by atoms with Crippen molar-refractivity contribution in [2.45, 2.75) is 39.9 Å². The molecule has 2 atom stereocenters. The summed E-state index contributed by atoms with van der Waals surface area (Å²) in [6, 6.07) is 3.32. The molecule has 0 aromatic heterocycles. The molecular formula is C19H22O5. The van der Waals surface area contributed by atoms with E-state index < -0.39 is 18.2 Å². The fourth-order valence-electron chi connectivity index (χ4n) is 2.52. The number of ether oxygens (including phenoxy) is 3. The molecule has 0 saturated carbocycles. The van der Waals surface area contributed by atoms with Crippen LogP contribution in [-0.4, -0.2) is 25.0 Å². The van der Waals surface area contributed by atoms with Crippen LogP contribution in [0.1, 0.15) is 49.7 Å². The van der Waals surface area contributed by atoms with Crippen LogP contribution in [-0.2, 0) is 9.53 Å². The van der Waals surface area contributed by atoms with E-state index >= 15 is 0 Å². The molecule has 5 nitrogen and oxygen atoms in total. The second-order valence-electron chi connectivity index (χ2n) is 5.83. The number of fused-ring (bicyclic) bond motifs is 1. The number of rotatable bonds is 5. The highest BCUT2D eigenvalue weighted by molar-refractivity contribution is 5.97. The normalized spacial score (nSPS) is 19.3. The molecule has 0 saturated heterocycles. The molecule has 1 aliphatic heterocycles. The van der Waals surface area contributed by atoms with Gasteiger partial charge in [-0.15, -0.1) is 0 Å². The summed E-state index contributed by atoms with van der Waals surface area (Å²) in [5, 5.41) is 0. The molecule has 24 heavy (non-hydrogen) atoms. The van der Waals surface area contributed by atoms with Gasteiger partial charge in [0.05, 0.1) is 12.7 Å². The largest absolute Gasteiger partial charge is 0.496 e. The molecule has 5 heteroatoms. The highest BCUT2D eigenvalue weighted by Crippen LogP contribution is 2.44. The summed E-state index contributed by atoms with van der Waals surface area (Å²) in [6.45, 7) is 10.6. The third-order valence-electron chi connectivity index (χ3n) is 4.02.